The number of rotatable bonds is 1. The molecular formula is C7H2N4. The standard InChI is InChI=1S/C7H2N4/c1-10-7(11-2)3-6(4-8)5-9/h3,8H. The number of nitrogens with one attached hydrogen (secondary N) is 1. The third-order valence-electron chi connectivity index (χ3n) is 0.758. The number of hydrogen-bond donors (Lipinski definition) is 1. The van der Waals surface area contributed by atoms with Crippen molar-refractivity contribution in [2.24, 2.45) is 0 Å². The molecule has 0 bridgehead atoms. The van der Waals surface area contributed by atoms with E-state index in [2.05, 4.69) is 9.69 Å². The first-order valence-electron chi connectivity index (χ1n) is 2.45. The van der Waals surface area contributed by atoms with Gasteiger partial charge in [0, 0.05) is 0 Å². The van der Waals surface area contributed by atoms with Crippen LogP contribution in [0.25, 0.3) is 9.69 Å². The van der Waals surface area contributed by atoms with Crippen molar-refractivity contribution < 1.29 is 0 Å². The van der Waals surface area contributed by atoms with Crippen LogP contribution in [-0.2, 0) is 0 Å². The monoisotopic (exact) mass is 142 g/mol. The summed E-state index contributed by atoms with van der Waals surface area (Å²) in [6.07, 6.45) is 1.02. The Balaban J connectivity index is 4.90. The fourth-order valence-corrected chi connectivity index (χ4v) is 0.315. The molecule has 0 heterocycles. The average Bonchev–Trinajstić information content (AvgIpc) is 2.07. The van der Waals surface area contributed by atoms with Crippen molar-refractivity contribution in [3.63, 3.8) is 0 Å². The van der Waals surface area contributed by atoms with E-state index < -0.39 is 0 Å². The van der Waals surface area contributed by atoms with Crippen LogP contribution in [0, 0.1) is 29.9 Å². The summed E-state index contributed by atoms with van der Waals surface area (Å²) in [7, 11) is 0. The average molecular weight is 142 g/mol. The van der Waals surface area contributed by atoms with Crippen molar-refractivity contribution in [1.82, 2.24) is 0 Å². The van der Waals surface area contributed by atoms with Gasteiger partial charge < -0.3 is 0 Å². The van der Waals surface area contributed by atoms with Gasteiger partial charge >= 0.3 is 5.82 Å². The van der Waals surface area contributed by atoms with Crippen molar-refractivity contribution in [3.8, 4) is 6.07 Å². The number of nitrogens with zero attached hydrogens (tertiary/aromatic N) is 3. The summed E-state index contributed by atoms with van der Waals surface area (Å²) in [5.74, 6) is 1.56. The first-order chi connectivity index (χ1) is 5.28. The molecule has 0 atom stereocenters. The van der Waals surface area contributed by atoms with Crippen LogP contribution in [0.5, 0.6) is 0 Å². The fraction of sp³-hybridized carbons (Fsp3) is 0. The first kappa shape index (κ1) is 8.66. The topological polar surface area (TPSA) is 56.4 Å². The molecule has 0 aromatic rings. The number of hydrogen-bond acceptors (Lipinski definition) is 2. The molecule has 4 nitrogen and oxygen atoms in total. The molecule has 4 heteroatoms. The van der Waals surface area contributed by atoms with Crippen LogP contribution in [0.2, 0.25) is 0 Å². The van der Waals surface area contributed by atoms with Gasteiger partial charge in [0.2, 0.25) is 0 Å². The molecule has 11 heavy (non-hydrogen) atoms. The van der Waals surface area contributed by atoms with Gasteiger partial charge in [-0.15, -0.1) is 0 Å². The Morgan fingerprint density at radius 2 is 2.00 bits per heavy atom. The summed E-state index contributed by atoms with van der Waals surface area (Å²) in [6.45, 7) is 12.9. The zero-order chi connectivity index (χ0) is 8.69. The molecule has 0 saturated heterocycles. The second-order valence-corrected chi connectivity index (χ2v) is 1.38. The lowest BCUT2D eigenvalue weighted by molar-refractivity contribution is 1.49. The van der Waals surface area contributed by atoms with E-state index in [0.29, 0.717) is 0 Å². The van der Waals surface area contributed by atoms with Crippen LogP contribution in [0.1, 0.15) is 0 Å². The van der Waals surface area contributed by atoms with E-state index in [0.717, 1.165) is 6.08 Å². The summed E-state index contributed by atoms with van der Waals surface area (Å²) in [6, 6.07) is 1.61. The molecule has 0 unspecified atom stereocenters. The van der Waals surface area contributed by atoms with Crippen LogP contribution in [0.15, 0.2) is 17.5 Å². The lowest BCUT2D eigenvalue weighted by Crippen LogP contribution is -1.72. The van der Waals surface area contributed by atoms with E-state index >= 15 is 0 Å². The van der Waals surface area contributed by atoms with Gasteiger partial charge in [-0.05, 0) is 5.87 Å². The maximum atomic E-state index is 8.25. The van der Waals surface area contributed by atoms with Crippen LogP contribution >= 0.6 is 0 Å². The van der Waals surface area contributed by atoms with Crippen LogP contribution < -0.4 is 0 Å². The van der Waals surface area contributed by atoms with Crippen LogP contribution in [0.4, 0.5) is 0 Å². The van der Waals surface area contributed by atoms with Crippen molar-refractivity contribution in [1.29, 1.82) is 10.7 Å². The minimum atomic E-state index is -0.235. The normalized spacial score (nSPS) is 5.91. The Kier molecular flexibility index (Phi) is 3.57. The quantitative estimate of drug-likeness (QED) is 0.255. The largest absolute Gasteiger partial charge is 0.521 e. The smallest absolute Gasteiger partial charge is 0.258 e. The Morgan fingerprint density at radius 1 is 1.45 bits per heavy atom. The third kappa shape index (κ3) is 2.63. The highest BCUT2D eigenvalue weighted by Crippen LogP contribution is 2.01. The molecule has 0 aliphatic carbocycles. The van der Waals surface area contributed by atoms with E-state index in [1.807, 2.05) is 0 Å². The SMILES string of the molecule is [C-]#[N+]C(=CC(=C=N)C#N)[N+]#[C-]. The maximum absolute atomic E-state index is 8.25. The highest BCUT2D eigenvalue weighted by molar-refractivity contribution is 5.66. The summed E-state index contributed by atoms with van der Waals surface area (Å²) in [5, 5.41) is 14.8. The molecule has 0 fully saturated rings. The predicted octanol–water partition coefficient (Wildman–Crippen LogP) is 1.36. The van der Waals surface area contributed by atoms with E-state index in [1.165, 1.54) is 0 Å². The molecule has 1 N–H and O–H groups in total. The Morgan fingerprint density at radius 3 is 2.27 bits per heavy atom. The molecule has 0 amide bonds. The zero-order valence-electron chi connectivity index (χ0n) is 5.42. The molecule has 0 aromatic carbocycles. The second-order valence-electron chi connectivity index (χ2n) is 1.38. The number of nitriles is 1. The molecule has 0 aromatic heterocycles. The number of allylic oxidation sites excluding steroid dienone is 2. The minimum absolute atomic E-state index is 0.119. The Bertz CT molecular complexity index is 333. The molecule has 0 aliphatic rings. The van der Waals surface area contributed by atoms with Gasteiger partial charge in [0.1, 0.15) is 24.8 Å². The first-order valence-corrected chi connectivity index (χ1v) is 2.45. The molecule has 50 valence electrons. The summed E-state index contributed by atoms with van der Waals surface area (Å²) < 4.78 is 0. The Labute approximate surface area is 63.8 Å². The van der Waals surface area contributed by atoms with Crippen LogP contribution in [0.3, 0.4) is 0 Å². The van der Waals surface area contributed by atoms with Gasteiger partial charge in [-0.3, -0.25) is 5.41 Å². The lowest BCUT2D eigenvalue weighted by atomic mass is 10.3. The van der Waals surface area contributed by atoms with E-state index in [9.17, 15) is 0 Å². The molecule has 0 aliphatic heterocycles. The highest BCUT2D eigenvalue weighted by Gasteiger charge is 2.02. The highest BCUT2D eigenvalue weighted by atomic mass is 14.9. The molecular weight excluding hydrogens is 140 g/mol. The lowest BCUT2D eigenvalue weighted by Gasteiger charge is -1.73. The minimum Gasteiger partial charge on any atom is -0.258 e. The van der Waals surface area contributed by atoms with Crippen LogP contribution in [-0.4, -0.2) is 5.87 Å². The van der Waals surface area contributed by atoms with Crippen molar-refractivity contribution in [3.05, 3.63) is 40.3 Å². The molecule has 0 spiro atoms. The predicted molar refractivity (Wildman–Crippen MR) is 38.1 cm³/mol. The molecule has 0 saturated carbocycles. The van der Waals surface area contributed by atoms with Gasteiger partial charge in [0.25, 0.3) is 0 Å². The third-order valence-corrected chi connectivity index (χ3v) is 0.758. The van der Waals surface area contributed by atoms with E-state index in [1.54, 1.807) is 11.9 Å². The van der Waals surface area contributed by atoms with E-state index in [-0.39, 0.29) is 11.4 Å². The van der Waals surface area contributed by atoms with E-state index in [4.69, 9.17) is 23.8 Å². The zero-order valence-corrected chi connectivity index (χ0v) is 5.42. The van der Waals surface area contributed by atoms with Gasteiger partial charge in [-0.25, -0.2) is 0 Å². The molecule has 0 radical (unpaired) electrons. The van der Waals surface area contributed by atoms with Gasteiger partial charge in [0.05, 0.1) is 6.08 Å². The van der Waals surface area contributed by atoms with Crippen molar-refractivity contribution >= 4 is 5.87 Å². The fourth-order valence-electron chi connectivity index (χ4n) is 0.315. The van der Waals surface area contributed by atoms with Gasteiger partial charge in [0.15, 0.2) is 0 Å². The maximum Gasteiger partial charge on any atom is 0.521 e. The summed E-state index contributed by atoms with van der Waals surface area (Å²) in [5.41, 5.74) is -0.119. The summed E-state index contributed by atoms with van der Waals surface area (Å²) >= 11 is 0. The molecule has 0 rings (SSSR count). The van der Waals surface area contributed by atoms with Gasteiger partial charge in [-0.1, -0.05) is 0 Å². The van der Waals surface area contributed by atoms with Crippen molar-refractivity contribution in [2.75, 3.05) is 0 Å². The summed E-state index contributed by atoms with van der Waals surface area (Å²) in [4.78, 5) is 5.61. The second kappa shape index (κ2) is 4.53. The Hall–Kier alpha value is -2.34. The van der Waals surface area contributed by atoms with Gasteiger partial charge in [-0.2, -0.15) is 15.0 Å². The van der Waals surface area contributed by atoms with Crippen molar-refractivity contribution in [2.45, 2.75) is 0 Å².